The maximum absolute atomic E-state index is 13.7. The summed E-state index contributed by atoms with van der Waals surface area (Å²) in [5.41, 5.74) is 1.54. The molecule has 0 spiro atoms. The molecule has 2 aliphatic heterocycles. The van der Waals surface area contributed by atoms with E-state index in [1.54, 1.807) is 30.3 Å². The Kier molecular flexibility index (Phi) is 6.99. The number of likely N-dealkylation sites (tertiary alicyclic amines) is 1. The van der Waals surface area contributed by atoms with Gasteiger partial charge < -0.3 is 19.5 Å². The van der Waals surface area contributed by atoms with E-state index in [0.29, 0.717) is 30.1 Å². The quantitative estimate of drug-likeness (QED) is 0.352. The molecule has 1 N–H and O–H groups in total. The molecule has 0 bridgehead atoms. The number of nitrogens with zero attached hydrogens (tertiary/aromatic N) is 1. The minimum absolute atomic E-state index is 0.0105. The number of carbonyl (C=O) groups is 2. The molecular weight excluding hydrogens is 449 g/mol. The van der Waals surface area contributed by atoms with Gasteiger partial charge in [0.25, 0.3) is 11.7 Å². The van der Waals surface area contributed by atoms with Crippen molar-refractivity contribution in [1.29, 1.82) is 0 Å². The second kappa shape index (κ2) is 9.82. The zero-order chi connectivity index (χ0) is 25.3. The van der Waals surface area contributed by atoms with E-state index in [1.807, 2.05) is 27.7 Å². The molecular formula is C28H32FNO5. The number of ketones is 1. The lowest BCUT2D eigenvalue weighted by Crippen LogP contribution is -2.36. The van der Waals surface area contributed by atoms with Crippen molar-refractivity contribution in [2.45, 2.75) is 58.1 Å². The highest BCUT2D eigenvalue weighted by Gasteiger charge is 2.47. The van der Waals surface area contributed by atoms with Gasteiger partial charge in [-0.15, -0.1) is 0 Å². The van der Waals surface area contributed by atoms with Crippen LogP contribution < -0.4 is 4.74 Å². The molecule has 7 heteroatoms. The predicted octanol–water partition coefficient (Wildman–Crippen LogP) is 5.12. The van der Waals surface area contributed by atoms with E-state index in [9.17, 15) is 19.1 Å². The number of aliphatic hydroxyl groups excluding tert-OH is 1. The Labute approximate surface area is 205 Å². The summed E-state index contributed by atoms with van der Waals surface area (Å²) in [6, 6.07) is 10.1. The highest BCUT2D eigenvalue weighted by Crippen LogP contribution is 2.41. The van der Waals surface area contributed by atoms with Crippen LogP contribution in [0.2, 0.25) is 0 Å². The molecule has 0 saturated carbocycles. The average molecular weight is 482 g/mol. The maximum atomic E-state index is 13.7. The van der Waals surface area contributed by atoms with Crippen molar-refractivity contribution in [3.63, 3.8) is 0 Å². The Balaban J connectivity index is 1.84. The summed E-state index contributed by atoms with van der Waals surface area (Å²) in [4.78, 5) is 27.8. The first kappa shape index (κ1) is 24.9. The molecule has 2 aromatic rings. The molecule has 0 aliphatic carbocycles. The molecule has 186 valence electrons. The molecule has 0 aromatic heterocycles. The highest BCUT2D eigenvalue weighted by atomic mass is 19.1. The normalized spacial score (nSPS) is 22.1. The first-order valence-electron chi connectivity index (χ1n) is 12.0. The molecule has 6 nitrogen and oxygen atoms in total. The first-order chi connectivity index (χ1) is 16.6. The van der Waals surface area contributed by atoms with Crippen LogP contribution in [-0.4, -0.2) is 47.6 Å². The minimum atomic E-state index is -0.843. The second-order valence-electron chi connectivity index (χ2n) is 10.0. The monoisotopic (exact) mass is 481 g/mol. The van der Waals surface area contributed by atoms with E-state index in [-0.39, 0.29) is 29.4 Å². The molecule has 0 radical (unpaired) electrons. The van der Waals surface area contributed by atoms with Gasteiger partial charge in [0.2, 0.25) is 0 Å². The van der Waals surface area contributed by atoms with E-state index in [0.717, 1.165) is 18.4 Å². The van der Waals surface area contributed by atoms with Crippen LogP contribution in [0.3, 0.4) is 0 Å². The molecule has 2 aliphatic rings. The molecule has 2 unspecified atom stereocenters. The molecule has 2 heterocycles. The van der Waals surface area contributed by atoms with Crippen molar-refractivity contribution in [2.75, 3.05) is 19.8 Å². The molecule has 4 rings (SSSR count). The van der Waals surface area contributed by atoms with Gasteiger partial charge in [-0.05, 0) is 61.1 Å². The van der Waals surface area contributed by atoms with Crippen LogP contribution >= 0.6 is 0 Å². The maximum Gasteiger partial charge on any atom is 0.295 e. The van der Waals surface area contributed by atoms with Gasteiger partial charge >= 0.3 is 0 Å². The van der Waals surface area contributed by atoms with Crippen molar-refractivity contribution in [1.82, 2.24) is 4.90 Å². The number of rotatable bonds is 6. The van der Waals surface area contributed by atoms with Crippen LogP contribution in [0.25, 0.3) is 5.76 Å². The third kappa shape index (κ3) is 4.96. The number of halogens is 1. The zero-order valence-corrected chi connectivity index (χ0v) is 20.6. The van der Waals surface area contributed by atoms with Crippen molar-refractivity contribution in [2.24, 2.45) is 0 Å². The SMILES string of the molecule is CCOc1ccc(/C(O)=C2/C(=O)C(=O)N(CC3CCCO3)C2c2ccc(F)cc2)cc1C(C)(C)C. The number of Topliss-reactive ketones (excluding diaryl/α,β-unsaturated/α-hetero) is 1. The van der Waals surface area contributed by atoms with Crippen LogP contribution in [0.15, 0.2) is 48.0 Å². The fourth-order valence-corrected chi connectivity index (χ4v) is 4.77. The van der Waals surface area contributed by atoms with E-state index in [2.05, 4.69) is 0 Å². The van der Waals surface area contributed by atoms with E-state index < -0.39 is 23.5 Å². The van der Waals surface area contributed by atoms with Gasteiger partial charge in [-0.2, -0.15) is 0 Å². The van der Waals surface area contributed by atoms with Crippen molar-refractivity contribution < 1.29 is 28.6 Å². The lowest BCUT2D eigenvalue weighted by atomic mass is 9.84. The summed E-state index contributed by atoms with van der Waals surface area (Å²) in [5, 5.41) is 11.4. The third-order valence-corrected chi connectivity index (χ3v) is 6.51. The summed E-state index contributed by atoms with van der Waals surface area (Å²) >= 11 is 0. The number of carbonyl (C=O) groups excluding carboxylic acids is 2. The Morgan fingerprint density at radius 1 is 1.17 bits per heavy atom. The van der Waals surface area contributed by atoms with Crippen LogP contribution in [0.4, 0.5) is 4.39 Å². The molecule has 2 fully saturated rings. The van der Waals surface area contributed by atoms with Crippen LogP contribution in [0.1, 0.15) is 63.3 Å². The fraction of sp³-hybridized carbons (Fsp3) is 0.429. The number of ether oxygens (including phenoxy) is 2. The van der Waals surface area contributed by atoms with E-state index in [1.165, 1.54) is 17.0 Å². The van der Waals surface area contributed by atoms with Gasteiger partial charge in [-0.1, -0.05) is 32.9 Å². The Morgan fingerprint density at radius 2 is 1.89 bits per heavy atom. The second-order valence-corrected chi connectivity index (χ2v) is 10.0. The molecule has 2 atom stereocenters. The summed E-state index contributed by atoms with van der Waals surface area (Å²) in [7, 11) is 0. The summed E-state index contributed by atoms with van der Waals surface area (Å²) in [6.45, 7) is 9.33. The van der Waals surface area contributed by atoms with Crippen LogP contribution in [0, 0.1) is 5.82 Å². The molecule has 2 saturated heterocycles. The number of benzene rings is 2. The lowest BCUT2D eigenvalue weighted by molar-refractivity contribution is -0.140. The minimum Gasteiger partial charge on any atom is -0.507 e. The van der Waals surface area contributed by atoms with Crippen LogP contribution in [-0.2, 0) is 19.7 Å². The molecule has 2 aromatic carbocycles. The van der Waals surface area contributed by atoms with E-state index in [4.69, 9.17) is 9.47 Å². The molecule has 1 amide bonds. The number of aliphatic hydroxyl groups is 1. The first-order valence-corrected chi connectivity index (χ1v) is 12.0. The van der Waals surface area contributed by atoms with Gasteiger partial charge in [0, 0.05) is 24.3 Å². The number of hydrogen-bond donors (Lipinski definition) is 1. The summed E-state index contributed by atoms with van der Waals surface area (Å²) < 4.78 is 25.2. The smallest absolute Gasteiger partial charge is 0.295 e. The standard InChI is InChI=1S/C28H32FNO5/c1-5-34-22-13-10-18(15-21(22)28(2,3)4)25(31)23-24(17-8-11-19(29)12-9-17)30(27(33)26(23)32)16-20-7-6-14-35-20/h8-13,15,20,24,31H,5-7,14,16H2,1-4H3/b25-23-. The van der Waals surface area contributed by atoms with Crippen molar-refractivity contribution >= 4 is 17.4 Å². The van der Waals surface area contributed by atoms with Crippen molar-refractivity contribution in [3.05, 3.63) is 70.5 Å². The van der Waals surface area contributed by atoms with Crippen LogP contribution in [0.5, 0.6) is 5.75 Å². The van der Waals surface area contributed by atoms with Crippen molar-refractivity contribution in [3.8, 4) is 5.75 Å². The number of amides is 1. The topological polar surface area (TPSA) is 76.1 Å². The lowest BCUT2D eigenvalue weighted by Gasteiger charge is -2.27. The Bertz CT molecular complexity index is 1140. The Morgan fingerprint density at radius 3 is 2.49 bits per heavy atom. The van der Waals surface area contributed by atoms with E-state index >= 15 is 0 Å². The highest BCUT2D eigenvalue weighted by molar-refractivity contribution is 6.46. The van der Waals surface area contributed by atoms with Gasteiger partial charge in [-0.3, -0.25) is 9.59 Å². The fourth-order valence-electron chi connectivity index (χ4n) is 4.77. The Hall–Kier alpha value is -3.19. The summed E-state index contributed by atoms with van der Waals surface area (Å²) in [6.07, 6.45) is 1.49. The average Bonchev–Trinajstić information content (AvgIpc) is 3.41. The third-order valence-electron chi connectivity index (χ3n) is 6.51. The number of hydrogen-bond acceptors (Lipinski definition) is 5. The van der Waals surface area contributed by atoms with Gasteiger partial charge in [0.05, 0.1) is 24.3 Å². The zero-order valence-electron chi connectivity index (χ0n) is 20.6. The molecule has 35 heavy (non-hydrogen) atoms. The van der Waals surface area contributed by atoms with Gasteiger partial charge in [-0.25, -0.2) is 4.39 Å². The largest absolute Gasteiger partial charge is 0.507 e. The van der Waals surface area contributed by atoms with Gasteiger partial charge in [0.15, 0.2) is 0 Å². The summed E-state index contributed by atoms with van der Waals surface area (Å²) in [5.74, 6) is -1.45. The predicted molar refractivity (Wildman–Crippen MR) is 131 cm³/mol. The van der Waals surface area contributed by atoms with Gasteiger partial charge in [0.1, 0.15) is 17.3 Å².